The maximum atomic E-state index is 10.6. The van der Waals surface area contributed by atoms with Gasteiger partial charge in [-0.25, -0.2) is 0 Å². The molecule has 1 aromatic carbocycles. The van der Waals surface area contributed by atoms with Crippen LogP contribution in [0.5, 0.6) is 5.75 Å². The highest BCUT2D eigenvalue weighted by Crippen LogP contribution is 2.60. The zero-order valence-electron chi connectivity index (χ0n) is 14.9. The molecular formula is C20H30ClNO2. The first-order valence-corrected chi connectivity index (χ1v) is 9.10. The van der Waals surface area contributed by atoms with Gasteiger partial charge < -0.3 is 15.2 Å². The predicted octanol–water partition coefficient (Wildman–Crippen LogP) is 3.53. The number of hydrogen-bond acceptors (Lipinski definition) is 3. The average Bonchev–Trinajstić information content (AvgIpc) is 2.83. The number of hydrogen-bond donors (Lipinski definition) is 2. The van der Waals surface area contributed by atoms with Crippen molar-refractivity contribution < 1.29 is 9.84 Å². The van der Waals surface area contributed by atoms with Gasteiger partial charge in [0, 0.05) is 6.04 Å². The zero-order valence-corrected chi connectivity index (χ0v) is 15.7. The fourth-order valence-corrected chi connectivity index (χ4v) is 6.22. The minimum Gasteiger partial charge on any atom is -0.497 e. The first-order chi connectivity index (χ1) is 11.1. The second-order valence-electron chi connectivity index (χ2n) is 8.09. The first-order valence-electron chi connectivity index (χ1n) is 9.10. The second-order valence-corrected chi connectivity index (χ2v) is 8.09. The fourth-order valence-electron chi connectivity index (χ4n) is 6.22. The highest BCUT2D eigenvalue weighted by molar-refractivity contribution is 5.85. The van der Waals surface area contributed by atoms with Gasteiger partial charge >= 0.3 is 0 Å². The van der Waals surface area contributed by atoms with Crippen molar-refractivity contribution in [2.24, 2.45) is 17.3 Å². The number of fused-ring (bicyclic) bond motifs is 5. The summed E-state index contributed by atoms with van der Waals surface area (Å²) in [6.07, 6.45) is 5.66. The van der Waals surface area contributed by atoms with E-state index >= 15 is 0 Å². The molecule has 0 saturated heterocycles. The van der Waals surface area contributed by atoms with Crippen molar-refractivity contribution in [1.29, 1.82) is 0 Å². The van der Waals surface area contributed by atoms with E-state index in [1.54, 1.807) is 12.7 Å². The van der Waals surface area contributed by atoms with E-state index in [4.69, 9.17) is 4.74 Å². The van der Waals surface area contributed by atoms with Crippen molar-refractivity contribution in [3.63, 3.8) is 0 Å². The van der Waals surface area contributed by atoms with Crippen LogP contribution in [0.1, 0.15) is 49.7 Å². The summed E-state index contributed by atoms with van der Waals surface area (Å²) in [6.45, 7) is 2.41. The van der Waals surface area contributed by atoms with Crippen molar-refractivity contribution >= 4 is 12.4 Å². The number of aliphatic hydroxyl groups is 1. The Morgan fingerprint density at radius 1 is 1.29 bits per heavy atom. The van der Waals surface area contributed by atoms with Gasteiger partial charge in [0.1, 0.15) is 5.75 Å². The Hall–Kier alpha value is -0.770. The molecule has 0 amide bonds. The molecule has 0 bridgehead atoms. The van der Waals surface area contributed by atoms with Gasteiger partial charge in [-0.2, -0.15) is 0 Å². The molecule has 3 aliphatic carbocycles. The van der Waals surface area contributed by atoms with Crippen LogP contribution in [0, 0.1) is 17.3 Å². The normalized spacial score (nSPS) is 40.1. The Morgan fingerprint density at radius 3 is 2.79 bits per heavy atom. The van der Waals surface area contributed by atoms with Crippen LogP contribution in [-0.2, 0) is 6.42 Å². The Balaban J connectivity index is 0.00000169. The number of benzene rings is 1. The molecule has 4 heteroatoms. The molecule has 0 radical (unpaired) electrons. The monoisotopic (exact) mass is 351 g/mol. The van der Waals surface area contributed by atoms with E-state index in [0.717, 1.165) is 24.5 Å². The Bertz CT molecular complexity index is 607. The summed E-state index contributed by atoms with van der Waals surface area (Å²) < 4.78 is 5.40. The van der Waals surface area contributed by atoms with E-state index in [2.05, 4.69) is 30.4 Å². The molecule has 0 heterocycles. The SMILES string of the molecule is CN[C@H]1[C@H](O)C[C@H]2[C@@H]3CCc4cc(OC)ccc4[C@H]3CC[C@@]21C.Cl. The van der Waals surface area contributed by atoms with Gasteiger partial charge in [-0.3, -0.25) is 0 Å². The molecule has 0 aromatic heterocycles. The van der Waals surface area contributed by atoms with E-state index in [1.807, 2.05) is 7.05 Å². The maximum Gasteiger partial charge on any atom is 0.119 e. The third-order valence-electron chi connectivity index (χ3n) is 7.27. The van der Waals surface area contributed by atoms with E-state index in [0.29, 0.717) is 11.8 Å². The van der Waals surface area contributed by atoms with Crippen molar-refractivity contribution in [2.45, 2.75) is 57.1 Å². The number of ether oxygens (including phenoxy) is 1. The van der Waals surface area contributed by atoms with Crippen LogP contribution < -0.4 is 10.1 Å². The summed E-state index contributed by atoms with van der Waals surface area (Å²) in [4.78, 5) is 0. The van der Waals surface area contributed by atoms with Gasteiger partial charge in [-0.1, -0.05) is 13.0 Å². The van der Waals surface area contributed by atoms with Crippen LogP contribution in [0.2, 0.25) is 0 Å². The number of nitrogens with one attached hydrogen (secondary N) is 1. The maximum absolute atomic E-state index is 10.6. The van der Waals surface area contributed by atoms with Crippen molar-refractivity contribution in [3.05, 3.63) is 29.3 Å². The highest BCUT2D eigenvalue weighted by atomic mass is 35.5. The Morgan fingerprint density at radius 2 is 2.08 bits per heavy atom. The zero-order chi connectivity index (χ0) is 16.2. The number of halogens is 1. The van der Waals surface area contributed by atoms with Crippen LogP contribution in [-0.4, -0.2) is 31.4 Å². The molecule has 1 aromatic rings. The summed E-state index contributed by atoms with van der Waals surface area (Å²) in [6, 6.07) is 6.91. The number of likely N-dealkylation sites (N-methyl/N-ethyl adjacent to an activating group) is 1. The molecule has 3 aliphatic rings. The average molecular weight is 352 g/mol. The van der Waals surface area contributed by atoms with Gasteiger partial charge in [0.25, 0.3) is 0 Å². The topological polar surface area (TPSA) is 41.5 Å². The molecule has 0 aliphatic heterocycles. The lowest BCUT2D eigenvalue weighted by atomic mass is 9.55. The molecule has 0 unspecified atom stereocenters. The molecule has 2 N–H and O–H groups in total. The smallest absolute Gasteiger partial charge is 0.119 e. The van der Waals surface area contributed by atoms with E-state index in [-0.39, 0.29) is 30.0 Å². The molecule has 0 spiro atoms. The Kier molecular flexibility index (Phi) is 4.89. The number of aliphatic hydroxyl groups excluding tert-OH is 1. The quantitative estimate of drug-likeness (QED) is 0.856. The van der Waals surface area contributed by atoms with E-state index in [1.165, 1.54) is 24.8 Å². The summed E-state index contributed by atoms with van der Waals surface area (Å²) in [5, 5.41) is 14.0. The van der Waals surface area contributed by atoms with Gasteiger partial charge in [0.15, 0.2) is 0 Å². The van der Waals surface area contributed by atoms with Crippen molar-refractivity contribution in [3.8, 4) is 5.75 Å². The number of aryl methyl sites for hydroxylation is 1. The highest BCUT2D eigenvalue weighted by Gasteiger charge is 2.57. The van der Waals surface area contributed by atoms with Crippen LogP contribution in [0.4, 0.5) is 0 Å². The molecule has 6 atom stereocenters. The minimum absolute atomic E-state index is 0. The second kappa shape index (κ2) is 6.51. The van der Waals surface area contributed by atoms with Gasteiger partial charge in [-0.15, -0.1) is 12.4 Å². The molecular weight excluding hydrogens is 322 g/mol. The summed E-state index contributed by atoms with van der Waals surface area (Å²) in [7, 11) is 3.76. The number of rotatable bonds is 2. The van der Waals surface area contributed by atoms with Crippen LogP contribution >= 0.6 is 12.4 Å². The molecule has 24 heavy (non-hydrogen) atoms. The number of methoxy groups -OCH3 is 1. The van der Waals surface area contributed by atoms with Crippen LogP contribution in [0.15, 0.2) is 18.2 Å². The Labute approximate surface area is 151 Å². The van der Waals surface area contributed by atoms with E-state index in [9.17, 15) is 5.11 Å². The third kappa shape index (κ3) is 2.48. The van der Waals surface area contributed by atoms with Gasteiger partial charge in [-0.05, 0) is 85.6 Å². The van der Waals surface area contributed by atoms with Gasteiger partial charge in [0.05, 0.1) is 13.2 Å². The molecule has 3 nitrogen and oxygen atoms in total. The first kappa shape index (κ1) is 18.0. The third-order valence-corrected chi connectivity index (χ3v) is 7.27. The lowest BCUT2D eigenvalue weighted by molar-refractivity contribution is 0.0382. The summed E-state index contributed by atoms with van der Waals surface area (Å²) in [5.41, 5.74) is 3.28. The lowest BCUT2D eigenvalue weighted by Gasteiger charge is -2.50. The molecule has 134 valence electrons. The summed E-state index contributed by atoms with van der Waals surface area (Å²) in [5.74, 6) is 3.02. The largest absolute Gasteiger partial charge is 0.497 e. The summed E-state index contributed by atoms with van der Waals surface area (Å²) >= 11 is 0. The van der Waals surface area contributed by atoms with Crippen LogP contribution in [0.25, 0.3) is 0 Å². The molecule has 4 rings (SSSR count). The fraction of sp³-hybridized carbons (Fsp3) is 0.700. The molecule has 2 saturated carbocycles. The van der Waals surface area contributed by atoms with Crippen molar-refractivity contribution in [1.82, 2.24) is 5.32 Å². The minimum atomic E-state index is -0.189. The van der Waals surface area contributed by atoms with Crippen LogP contribution in [0.3, 0.4) is 0 Å². The standard InChI is InChI=1S/C20H29NO2.ClH/c1-20-9-8-15-14-7-5-13(23-3)10-12(14)4-6-16(15)17(20)11-18(22)19(20)21-2;/h5,7,10,15-19,21-22H,4,6,8-9,11H2,1-3H3;1H/t15-,16-,17+,18-,19+,20+;/m1./s1. The van der Waals surface area contributed by atoms with Gasteiger partial charge in [0.2, 0.25) is 0 Å². The molecule has 2 fully saturated rings. The van der Waals surface area contributed by atoms with Crippen molar-refractivity contribution in [2.75, 3.05) is 14.2 Å². The van der Waals surface area contributed by atoms with E-state index < -0.39 is 0 Å². The lowest BCUT2D eigenvalue weighted by Crippen LogP contribution is -2.49. The predicted molar refractivity (Wildman–Crippen MR) is 99.1 cm³/mol.